The largest absolute Gasteiger partial charge is 0.344 e. The molecule has 16 heavy (non-hydrogen) atoms. The fourth-order valence-electron chi connectivity index (χ4n) is 1.80. The Morgan fingerprint density at radius 3 is 3.06 bits per heavy atom. The maximum Gasteiger partial charge on any atom is 0.120 e. The van der Waals surface area contributed by atoms with Crippen LogP contribution in [0.5, 0.6) is 0 Å². The molecule has 0 aliphatic carbocycles. The van der Waals surface area contributed by atoms with Crippen LogP contribution in [0.15, 0.2) is 6.20 Å². The topological polar surface area (TPSA) is 40.7 Å². The van der Waals surface area contributed by atoms with E-state index in [0.717, 1.165) is 18.9 Å². The number of imidazole rings is 1. The highest BCUT2D eigenvalue weighted by Gasteiger charge is 2.26. The first-order valence-corrected chi connectivity index (χ1v) is 7.88. The Labute approximate surface area is 106 Å². The van der Waals surface area contributed by atoms with Gasteiger partial charge in [-0.25, -0.2) is 4.98 Å². The number of nitrogens with zero attached hydrogens (tertiary/aromatic N) is 1. The number of hydrogen-bond acceptors (Lipinski definition) is 4. The second kappa shape index (κ2) is 5.98. The van der Waals surface area contributed by atoms with Gasteiger partial charge >= 0.3 is 0 Å². The molecule has 5 heteroatoms. The van der Waals surface area contributed by atoms with Crippen LogP contribution in [-0.2, 0) is 6.54 Å². The summed E-state index contributed by atoms with van der Waals surface area (Å²) in [5.41, 5.74) is 1.19. The number of hydrogen-bond donors (Lipinski definition) is 2. The highest BCUT2D eigenvalue weighted by atomic mass is 32.2. The molecule has 1 aromatic rings. The molecule has 0 bridgehead atoms. The lowest BCUT2D eigenvalue weighted by Crippen LogP contribution is -2.17. The van der Waals surface area contributed by atoms with Crippen LogP contribution < -0.4 is 5.32 Å². The molecular formula is C11H19N3S2. The Morgan fingerprint density at radius 2 is 2.31 bits per heavy atom. The van der Waals surface area contributed by atoms with Gasteiger partial charge in [0.05, 0.1) is 5.25 Å². The van der Waals surface area contributed by atoms with Crippen LogP contribution in [0.2, 0.25) is 0 Å². The number of aromatic amines is 1. The van der Waals surface area contributed by atoms with Crippen LogP contribution >= 0.6 is 23.5 Å². The summed E-state index contributed by atoms with van der Waals surface area (Å²) >= 11 is 4.08. The zero-order chi connectivity index (χ0) is 11.4. The molecule has 1 aliphatic rings. The Bertz CT molecular complexity index is 327. The first-order valence-electron chi connectivity index (χ1n) is 5.79. The fourth-order valence-corrected chi connectivity index (χ4v) is 4.52. The number of nitrogens with one attached hydrogen (secondary N) is 2. The molecule has 3 nitrogen and oxygen atoms in total. The number of thioether (sulfide) groups is 2. The molecule has 1 aromatic heterocycles. The van der Waals surface area contributed by atoms with E-state index in [4.69, 9.17) is 0 Å². The monoisotopic (exact) mass is 257 g/mol. The second-order valence-electron chi connectivity index (χ2n) is 3.94. The van der Waals surface area contributed by atoms with Crippen molar-refractivity contribution in [3.63, 3.8) is 0 Å². The van der Waals surface area contributed by atoms with E-state index >= 15 is 0 Å². The maximum absolute atomic E-state index is 4.51. The molecule has 2 N–H and O–H groups in total. The third-order valence-corrected chi connectivity index (χ3v) is 5.77. The Kier molecular flexibility index (Phi) is 4.61. The van der Waals surface area contributed by atoms with Crippen molar-refractivity contribution in [3.05, 3.63) is 17.7 Å². The molecule has 1 saturated heterocycles. The average Bonchev–Trinajstić information content (AvgIpc) is 2.75. The first kappa shape index (κ1) is 12.3. The van der Waals surface area contributed by atoms with E-state index in [-0.39, 0.29) is 0 Å². The zero-order valence-electron chi connectivity index (χ0n) is 9.82. The van der Waals surface area contributed by atoms with Crippen LogP contribution in [0.4, 0.5) is 0 Å². The highest BCUT2D eigenvalue weighted by molar-refractivity contribution is 8.06. The summed E-state index contributed by atoms with van der Waals surface area (Å²) in [4.78, 5) is 7.95. The van der Waals surface area contributed by atoms with Gasteiger partial charge in [0.15, 0.2) is 0 Å². The van der Waals surface area contributed by atoms with E-state index in [0.29, 0.717) is 10.5 Å². The van der Waals surface area contributed by atoms with Crippen LogP contribution in [0.3, 0.4) is 0 Å². The molecule has 0 radical (unpaired) electrons. The summed E-state index contributed by atoms with van der Waals surface area (Å²) < 4.78 is 0. The van der Waals surface area contributed by atoms with E-state index in [9.17, 15) is 0 Å². The zero-order valence-corrected chi connectivity index (χ0v) is 11.5. The maximum atomic E-state index is 4.51. The lowest BCUT2D eigenvalue weighted by atomic mass is 10.3. The second-order valence-corrected chi connectivity index (χ2v) is 6.68. The summed E-state index contributed by atoms with van der Waals surface area (Å²) in [7, 11) is 0. The third-order valence-electron chi connectivity index (χ3n) is 2.67. The van der Waals surface area contributed by atoms with E-state index in [1.807, 2.05) is 18.0 Å². The van der Waals surface area contributed by atoms with Crippen LogP contribution in [0, 0.1) is 0 Å². The van der Waals surface area contributed by atoms with Crippen molar-refractivity contribution in [3.8, 4) is 0 Å². The van der Waals surface area contributed by atoms with Crippen molar-refractivity contribution in [1.29, 1.82) is 0 Å². The molecule has 2 heterocycles. The molecular weight excluding hydrogens is 238 g/mol. The molecule has 1 fully saturated rings. The summed E-state index contributed by atoms with van der Waals surface area (Å²) in [5, 5.41) is 4.51. The van der Waals surface area contributed by atoms with Gasteiger partial charge in [0.2, 0.25) is 0 Å². The van der Waals surface area contributed by atoms with E-state index in [1.54, 1.807) is 0 Å². The van der Waals surface area contributed by atoms with E-state index in [2.05, 4.69) is 40.9 Å². The molecule has 0 aromatic carbocycles. The van der Waals surface area contributed by atoms with Gasteiger partial charge in [0.1, 0.15) is 5.82 Å². The summed E-state index contributed by atoms with van der Waals surface area (Å²) in [5.74, 6) is 3.66. The Hall–Kier alpha value is -0.130. The van der Waals surface area contributed by atoms with Gasteiger partial charge in [-0.3, -0.25) is 0 Å². The molecule has 1 aliphatic heterocycles. The minimum Gasteiger partial charge on any atom is -0.344 e. The van der Waals surface area contributed by atoms with Gasteiger partial charge in [0.25, 0.3) is 0 Å². The standard InChI is InChI=1S/C11H19N3S2/c1-3-12-6-9-7-13-11(14-9)10-8(2)15-4-5-16-10/h7-8,10,12H,3-6H2,1-2H3,(H,13,14). The quantitative estimate of drug-likeness (QED) is 0.869. The lowest BCUT2D eigenvalue weighted by Gasteiger charge is -2.26. The fraction of sp³-hybridized carbons (Fsp3) is 0.727. The molecule has 0 spiro atoms. The molecule has 0 amide bonds. The van der Waals surface area contributed by atoms with Crippen molar-refractivity contribution < 1.29 is 0 Å². The minimum absolute atomic E-state index is 0.536. The van der Waals surface area contributed by atoms with Crippen molar-refractivity contribution in [2.75, 3.05) is 18.1 Å². The van der Waals surface area contributed by atoms with Crippen molar-refractivity contribution in [2.24, 2.45) is 0 Å². The predicted molar refractivity (Wildman–Crippen MR) is 73.1 cm³/mol. The highest BCUT2D eigenvalue weighted by Crippen LogP contribution is 2.40. The minimum atomic E-state index is 0.536. The van der Waals surface area contributed by atoms with Gasteiger partial charge in [-0.1, -0.05) is 13.8 Å². The summed E-state index contributed by atoms with van der Waals surface area (Å²) in [6, 6.07) is 0. The third kappa shape index (κ3) is 2.96. The average molecular weight is 257 g/mol. The van der Waals surface area contributed by atoms with Gasteiger partial charge in [0, 0.05) is 35.2 Å². The normalized spacial score (nSPS) is 25.9. The molecule has 90 valence electrons. The molecule has 0 saturated carbocycles. The van der Waals surface area contributed by atoms with Crippen molar-refractivity contribution in [1.82, 2.24) is 15.3 Å². The Morgan fingerprint density at radius 1 is 1.50 bits per heavy atom. The van der Waals surface area contributed by atoms with Gasteiger partial charge < -0.3 is 10.3 Å². The van der Waals surface area contributed by atoms with Gasteiger partial charge in [-0.15, -0.1) is 11.8 Å². The predicted octanol–water partition coefficient (Wildman–Crippen LogP) is 2.43. The van der Waals surface area contributed by atoms with Crippen LogP contribution in [0.25, 0.3) is 0 Å². The van der Waals surface area contributed by atoms with E-state index in [1.165, 1.54) is 17.2 Å². The molecule has 2 unspecified atom stereocenters. The van der Waals surface area contributed by atoms with Gasteiger partial charge in [-0.2, -0.15) is 11.8 Å². The van der Waals surface area contributed by atoms with Gasteiger partial charge in [-0.05, 0) is 6.54 Å². The van der Waals surface area contributed by atoms with Crippen molar-refractivity contribution >= 4 is 23.5 Å². The summed E-state index contributed by atoms with van der Waals surface area (Å²) in [6.45, 7) is 6.31. The molecule has 2 rings (SSSR count). The SMILES string of the molecule is CCNCc1cnc(C2SCCSC2C)[nH]1. The smallest absolute Gasteiger partial charge is 0.120 e. The number of H-pyrrole nitrogens is 1. The number of aromatic nitrogens is 2. The Balaban J connectivity index is 1.99. The van der Waals surface area contributed by atoms with Crippen LogP contribution in [0.1, 0.15) is 30.6 Å². The van der Waals surface area contributed by atoms with Crippen LogP contribution in [-0.4, -0.2) is 33.3 Å². The van der Waals surface area contributed by atoms with Crippen molar-refractivity contribution in [2.45, 2.75) is 30.9 Å². The number of rotatable bonds is 4. The lowest BCUT2D eigenvalue weighted by molar-refractivity contribution is 0.710. The summed E-state index contributed by atoms with van der Waals surface area (Å²) in [6.07, 6.45) is 1.96. The van der Waals surface area contributed by atoms with E-state index < -0.39 is 0 Å². The molecule has 2 atom stereocenters. The first-order chi connectivity index (χ1) is 7.81.